The number of imidazole rings is 1. The fourth-order valence-corrected chi connectivity index (χ4v) is 5.36. The number of hydrogen-bond donors (Lipinski definition) is 1. The number of amides is 1. The van der Waals surface area contributed by atoms with E-state index in [4.69, 9.17) is 21.3 Å². The predicted molar refractivity (Wildman–Crippen MR) is 119 cm³/mol. The van der Waals surface area contributed by atoms with Gasteiger partial charge in [-0.15, -0.1) is 11.6 Å². The van der Waals surface area contributed by atoms with Crippen molar-refractivity contribution < 1.29 is 9.53 Å². The van der Waals surface area contributed by atoms with Crippen molar-refractivity contribution in [2.24, 2.45) is 5.92 Å². The van der Waals surface area contributed by atoms with Crippen LogP contribution in [0.5, 0.6) is 0 Å². The summed E-state index contributed by atoms with van der Waals surface area (Å²) in [5.74, 6) is 0.510. The Morgan fingerprint density at radius 1 is 1.37 bits per heavy atom. The first-order chi connectivity index (χ1) is 14.6. The molecule has 6 nitrogen and oxygen atoms in total. The van der Waals surface area contributed by atoms with Gasteiger partial charge < -0.3 is 10.1 Å². The molecule has 3 atom stereocenters. The molecule has 7 heteroatoms. The topological polar surface area (TPSA) is 58.9 Å². The standard InChI is InChI=1S/C23H33ClN4O2/c1-3-25-23(29)20-8-5-9-22-26-19-7-4-6-17(24)12-16(2)13-18-15-30-11-10-27(18)14-21(19)28(20)22/h5,8-9,16-18H,3-4,6-7,10-15H2,1-2H3,(H,25,29). The van der Waals surface area contributed by atoms with E-state index in [1.54, 1.807) is 0 Å². The van der Waals surface area contributed by atoms with Crippen molar-refractivity contribution in [3.63, 3.8) is 0 Å². The maximum atomic E-state index is 12.8. The van der Waals surface area contributed by atoms with Gasteiger partial charge >= 0.3 is 0 Å². The first kappa shape index (κ1) is 21.6. The van der Waals surface area contributed by atoms with E-state index in [0.29, 0.717) is 24.2 Å². The Morgan fingerprint density at radius 2 is 2.23 bits per heavy atom. The van der Waals surface area contributed by atoms with Crippen molar-refractivity contribution in [1.29, 1.82) is 0 Å². The lowest BCUT2D eigenvalue weighted by atomic mass is 9.93. The summed E-state index contributed by atoms with van der Waals surface area (Å²) in [6.45, 7) is 8.05. The van der Waals surface area contributed by atoms with E-state index in [1.165, 1.54) is 0 Å². The van der Waals surface area contributed by atoms with Crippen molar-refractivity contribution in [2.45, 2.75) is 63.9 Å². The highest BCUT2D eigenvalue weighted by Crippen LogP contribution is 2.28. The van der Waals surface area contributed by atoms with Crippen LogP contribution in [0.3, 0.4) is 0 Å². The fraction of sp³-hybridized carbons (Fsp3) is 0.652. The van der Waals surface area contributed by atoms with Gasteiger partial charge in [-0.1, -0.05) is 13.0 Å². The molecule has 30 heavy (non-hydrogen) atoms. The number of nitrogens with one attached hydrogen (secondary N) is 1. The highest BCUT2D eigenvalue weighted by Gasteiger charge is 2.29. The van der Waals surface area contributed by atoms with Crippen LogP contribution >= 0.6 is 11.6 Å². The monoisotopic (exact) mass is 432 g/mol. The van der Waals surface area contributed by atoms with E-state index >= 15 is 0 Å². The predicted octanol–water partition coefficient (Wildman–Crippen LogP) is 3.64. The van der Waals surface area contributed by atoms with E-state index in [1.807, 2.05) is 25.1 Å². The van der Waals surface area contributed by atoms with Crippen LogP contribution in [0.15, 0.2) is 18.2 Å². The number of aryl methyl sites for hydroxylation is 1. The molecule has 0 aliphatic carbocycles. The smallest absolute Gasteiger partial charge is 0.268 e. The van der Waals surface area contributed by atoms with Crippen LogP contribution in [0.25, 0.3) is 5.65 Å². The third-order valence-corrected chi connectivity index (χ3v) is 6.75. The third-order valence-electron chi connectivity index (χ3n) is 6.36. The molecule has 4 heterocycles. The molecule has 0 radical (unpaired) electrons. The zero-order valence-electron chi connectivity index (χ0n) is 18.1. The molecule has 1 N–H and O–H groups in total. The highest BCUT2D eigenvalue weighted by atomic mass is 35.5. The Hall–Kier alpha value is -1.63. The summed E-state index contributed by atoms with van der Waals surface area (Å²) in [7, 11) is 0. The van der Waals surface area contributed by atoms with Crippen LogP contribution < -0.4 is 5.32 Å². The van der Waals surface area contributed by atoms with Gasteiger partial charge in [0.1, 0.15) is 11.3 Å². The second-order valence-corrected chi connectivity index (χ2v) is 9.35. The second kappa shape index (κ2) is 9.67. The summed E-state index contributed by atoms with van der Waals surface area (Å²) < 4.78 is 7.90. The zero-order valence-corrected chi connectivity index (χ0v) is 18.8. The number of nitrogens with zero attached hydrogens (tertiary/aromatic N) is 3. The summed E-state index contributed by atoms with van der Waals surface area (Å²) in [5, 5.41) is 3.15. The molecule has 0 spiro atoms. The van der Waals surface area contributed by atoms with E-state index < -0.39 is 0 Å². The molecule has 4 rings (SSSR count). The molecule has 3 unspecified atom stereocenters. The Bertz CT molecular complexity index is 883. The average Bonchev–Trinajstić information content (AvgIpc) is 3.06. The van der Waals surface area contributed by atoms with Crippen LogP contribution in [0.4, 0.5) is 0 Å². The second-order valence-electron chi connectivity index (χ2n) is 8.73. The van der Waals surface area contributed by atoms with Crippen LogP contribution in [0.1, 0.15) is 61.4 Å². The first-order valence-electron chi connectivity index (χ1n) is 11.3. The molecule has 0 aromatic carbocycles. The molecule has 1 amide bonds. The number of carbonyl (C=O) groups excluding carboxylic acids is 1. The summed E-state index contributed by atoms with van der Waals surface area (Å²) in [6.07, 6.45) is 5.02. The Morgan fingerprint density at radius 3 is 3.07 bits per heavy atom. The van der Waals surface area contributed by atoms with Crippen molar-refractivity contribution in [1.82, 2.24) is 19.6 Å². The third kappa shape index (κ3) is 4.66. The Balaban J connectivity index is 1.77. The van der Waals surface area contributed by atoms with Gasteiger partial charge in [0.2, 0.25) is 0 Å². The number of alkyl halides is 1. The summed E-state index contributed by atoms with van der Waals surface area (Å²) in [4.78, 5) is 20.2. The minimum Gasteiger partial charge on any atom is -0.378 e. The largest absolute Gasteiger partial charge is 0.378 e. The Labute approximate surface area is 183 Å². The van der Waals surface area contributed by atoms with Crippen molar-refractivity contribution in [2.75, 3.05) is 26.3 Å². The van der Waals surface area contributed by atoms with Gasteiger partial charge in [0.25, 0.3) is 5.91 Å². The van der Waals surface area contributed by atoms with E-state index in [-0.39, 0.29) is 11.3 Å². The van der Waals surface area contributed by atoms with E-state index in [9.17, 15) is 4.79 Å². The zero-order chi connectivity index (χ0) is 21.1. The summed E-state index contributed by atoms with van der Waals surface area (Å²) in [6, 6.07) is 6.18. The van der Waals surface area contributed by atoms with Gasteiger partial charge in [-0.3, -0.25) is 14.1 Å². The molecule has 1 fully saturated rings. The molecule has 2 aliphatic rings. The average molecular weight is 433 g/mol. The molecule has 2 aliphatic heterocycles. The quantitative estimate of drug-likeness (QED) is 0.736. The Kier molecular flexibility index (Phi) is 6.96. The number of aromatic nitrogens is 2. The highest BCUT2D eigenvalue weighted by molar-refractivity contribution is 6.20. The molecule has 164 valence electrons. The van der Waals surface area contributed by atoms with Crippen molar-refractivity contribution >= 4 is 23.2 Å². The summed E-state index contributed by atoms with van der Waals surface area (Å²) >= 11 is 6.67. The maximum absolute atomic E-state index is 12.8. The van der Waals surface area contributed by atoms with Crippen LogP contribution in [-0.4, -0.2) is 57.9 Å². The molecule has 2 aromatic heterocycles. The summed E-state index contributed by atoms with van der Waals surface area (Å²) in [5.41, 5.74) is 3.73. The van der Waals surface area contributed by atoms with Gasteiger partial charge in [0.15, 0.2) is 0 Å². The molecule has 0 saturated carbocycles. The number of carbonyl (C=O) groups is 1. The number of halogens is 1. The van der Waals surface area contributed by atoms with Crippen molar-refractivity contribution in [3.05, 3.63) is 35.3 Å². The molecule has 2 aromatic rings. The number of hydrogen-bond acceptors (Lipinski definition) is 4. The van der Waals surface area contributed by atoms with Crippen LogP contribution in [-0.2, 0) is 17.7 Å². The lowest BCUT2D eigenvalue weighted by molar-refractivity contribution is -0.0206. The lowest BCUT2D eigenvalue weighted by Gasteiger charge is -2.37. The first-order valence-corrected chi connectivity index (χ1v) is 11.7. The SMILES string of the molecule is CCNC(=O)c1cccc2nc3c(n12)CN1CCOCC1CC(C)CC(Cl)CCC3. The fourth-order valence-electron chi connectivity index (χ4n) is 4.90. The van der Waals surface area contributed by atoms with Gasteiger partial charge in [0, 0.05) is 31.1 Å². The normalized spacial score (nSPS) is 26.3. The van der Waals surface area contributed by atoms with E-state index in [2.05, 4.69) is 21.5 Å². The van der Waals surface area contributed by atoms with E-state index in [0.717, 1.165) is 75.4 Å². The lowest BCUT2D eigenvalue weighted by Crippen LogP contribution is -2.46. The number of fused-ring (bicyclic) bond motifs is 4. The van der Waals surface area contributed by atoms with Gasteiger partial charge in [-0.25, -0.2) is 4.98 Å². The van der Waals surface area contributed by atoms with Gasteiger partial charge in [0.05, 0.1) is 24.6 Å². The molecule has 0 bridgehead atoms. The van der Waals surface area contributed by atoms with Crippen molar-refractivity contribution in [3.8, 4) is 0 Å². The van der Waals surface area contributed by atoms with Gasteiger partial charge in [-0.05, 0) is 57.1 Å². The minimum atomic E-state index is -0.0533. The number of morpholine rings is 1. The number of ether oxygens (including phenoxy) is 1. The maximum Gasteiger partial charge on any atom is 0.268 e. The number of pyridine rings is 1. The van der Waals surface area contributed by atoms with Gasteiger partial charge in [-0.2, -0.15) is 0 Å². The minimum absolute atomic E-state index is 0.0533. The molecular weight excluding hydrogens is 400 g/mol. The van der Waals surface area contributed by atoms with Crippen LogP contribution in [0.2, 0.25) is 0 Å². The number of rotatable bonds is 2. The van der Waals surface area contributed by atoms with Crippen LogP contribution in [0, 0.1) is 5.92 Å². The molecular formula is C23H33ClN4O2. The molecule has 1 saturated heterocycles.